The number of benzene rings is 1. The van der Waals surface area contributed by atoms with E-state index in [1.165, 1.54) is 32.8 Å². The highest BCUT2D eigenvalue weighted by atomic mass is 16.5. The predicted octanol–water partition coefficient (Wildman–Crippen LogP) is 4.82. The molecule has 3 rings (SSSR count). The Morgan fingerprint density at radius 3 is 2.54 bits per heavy atom. The molecule has 2 aliphatic carbocycles. The number of methoxy groups -OCH3 is 1. The van der Waals surface area contributed by atoms with Gasteiger partial charge in [-0.3, -0.25) is 4.79 Å². The summed E-state index contributed by atoms with van der Waals surface area (Å²) in [7, 11) is 1.39. The lowest BCUT2D eigenvalue weighted by Crippen LogP contribution is -2.30. The summed E-state index contributed by atoms with van der Waals surface area (Å²) in [6.45, 7) is 4.67. The van der Waals surface area contributed by atoms with Crippen LogP contribution in [0.2, 0.25) is 0 Å². The van der Waals surface area contributed by atoms with Crippen LogP contribution in [0.25, 0.3) is 0 Å². The molecule has 1 atom stereocenters. The first-order valence-electron chi connectivity index (χ1n) is 9.17. The number of hydrogen-bond donors (Lipinski definition) is 0. The van der Waals surface area contributed by atoms with Crippen molar-refractivity contribution in [2.45, 2.75) is 58.8 Å². The fourth-order valence-corrected chi connectivity index (χ4v) is 4.40. The molecule has 0 aliphatic heterocycles. The smallest absolute Gasteiger partial charge is 0.337 e. The zero-order valence-electron chi connectivity index (χ0n) is 15.1. The number of Topliss-reactive ketones (excluding diaryl/α,β-unsaturated/α-hetero) is 1. The summed E-state index contributed by atoms with van der Waals surface area (Å²) in [5.74, 6) is 0.646. The molecule has 1 fully saturated rings. The van der Waals surface area contributed by atoms with E-state index in [2.05, 4.69) is 13.8 Å². The largest absolute Gasteiger partial charge is 0.465 e. The number of carbonyl (C=O) groups is 2. The summed E-state index contributed by atoms with van der Waals surface area (Å²) >= 11 is 0. The maximum Gasteiger partial charge on any atom is 0.337 e. The summed E-state index contributed by atoms with van der Waals surface area (Å²) in [6.07, 6.45) is 7.64. The van der Waals surface area contributed by atoms with Crippen molar-refractivity contribution in [3.63, 3.8) is 0 Å². The predicted molar refractivity (Wildman–Crippen MR) is 94.3 cm³/mol. The third-order valence-corrected chi connectivity index (χ3v) is 6.04. The van der Waals surface area contributed by atoms with Gasteiger partial charge in [-0.1, -0.05) is 19.9 Å². The second-order valence-corrected chi connectivity index (χ2v) is 8.23. The van der Waals surface area contributed by atoms with E-state index in [-0.39, 0.29) is 11.9 Å². The quantitative estimate of drug-likeness (QED) is 0.577. The van der Waals surface area contributed by atoms with Gasteiger partial charge in [0.25, 0.3) is 0 Å². The number of ketones is 1. The molecule has 0 N–H and O–H groups in total. The van der Waals surface area contributed by atoms with Crippen LogP contribution in [-0.4, -0.2) is 18.9 Å². The topological polar surface area (TPSA) is 43.4 Å². The van der Waals surface area contributed by atoms with Gasteiger partial charge in [0.2, 0.25) is 0 Å². The van der Waals surface area contributed by atoms with Crippen LogP contribution < -0.4 is 0 Å². The summed E-state index contributed by atoms with van der Waals surface area (Å²) in [4.78, 5) is 24.9. The van der Waals surface area contributed by atoms with Crippen LogP contribution in [-0.2, 0) is 11.2 Å². The second kappa shape index (κ2) is 6.70. The maximum absolute atomic E-state index is 13.1. The van der Waals surface area contributed by atoms with Crippen LogP contribution in [0.4, 0.5) is 0 Å². The zero-order valence-corrected chi connectivity index (χ0v) is 15.1. The molecule has 3 heteroatoms. The van der Waals surface area contributed by atoms with Gasteiger partial charge >= 0.3 is 5.97 Å². The van der Waals surface area contributed by atoms with E-state index >= 15 is 0 Å². The molecule has 0 aromatic heterocycles. The van der Waals surface area contributed by atoms with E-state index in [4.69, 9.17) is 4.74 Å². The van der Waals surface area contributed by atoms with Crippen LogP contribution in [0.5, 0.6) is 0 Å². The molecule has 0 bridgehead atoms. The van der Waals surface area contributed by atoms with E-state index in [1.807, 2.05) is 12.1 Å². The first kappa shape index (κ1) is 17.2. The van der Waals surface area contributed by atoms with Crippen molar-refractivity contribution in [3.8, 4) is 0 Å². The first-order chi connectivity index (χ1) is 11.4. The van der Waals surface area contributed by atoms with Gasteiger partial charge in [0.15, 0.2) is 5.78 Å². The molecule has 0 heterocycles. The van der Waals surface area contributed by atoms with Crippen molar-refractivity contribution in [3.05, 3.63) is 34.9 Å². The van der Waals surface area contributed by atoms with Gasteiger partial charge in [-0.25, -0.2) is 4.79 Å². The minimum Gasteiger partial charge on any atom is -0.465 e. The molecule has 0 amide bonds. The van der Waals surface area contributed by atoms with Crippen molar-refractivity contribution >= 4 is 11.8 Å². The molecule has 1 unspecified atom stereocenters. The summed E-state index contributed by atoms with van der Waals surface area (Å²) in [5, 5.41) is 0. The molecule has 130 valence electrons. The second-order valence-electron chi connectivity index (χ2n) is 8.23. The average Bonchev–Trinajstić information content (AvgIpc) is 2.73. The Hall–Kier alpha value is -1.64. The van der Waals surface area contributed by atoms with Crippen LogP contribution >= 0.6 is 0 Å². The lowest BCUT2D eigenvalue weighted by atomic mass is 9.67. The molecule has 2 aliphatic rings. The minimum absolute atomic E-state index is 0.159. The highest BCUT2D eigenvalue weighted by Gasteiger charge is 2.36. The van der Waals surface area contributed by atoms with Crippen LogP contribution in [0.15, 0.2) is 18.2 Å². The number of hydrogen-bond acceptors (Lipinski definition) is 3. The fraction of sp³-hybridized carbons (Fsp3) is 0.619. The number of aryl methyl sites for hydroxylation is 1. The van der Waals surface area contributed by atoms with Crippen LogP contribution in [0.3, 0.4) is 0 Å². The first-order valence-corrected chi connectivity index (χ1v) is 9.17. The Morgan fingerprint density at radius 1 is 1.17 bits per heavy atom. The highest BCUT2D eigenvalue weighted by Crippen LogP contribution is 2.43. The molecule has 24 heavy (non-hydrogen) atoms. The van der Waals surface area contributed by atoms with E-state index in [0.29, 0.717) is 22.7 Å². The van der Waals surface area contributed by atoms with Gasteiger partial charge in [-0.15, -0.1) is 0 Å². The summed E-state index contributed by atoms with van der Waals surface area (Å²) in [6, 6.07) is 5.43. The Morgan fingerprint density at radius 2 is 1.88 bits per heavy atom. The van der Waals surface area contributed by atoms with Gasteiger partial charge in [-0.05, 0) is 74.0 Å². The Kier molecular flexibility index (Phi) is 4.80. The molecule has 0 saturated heterocycles. The van der Waals surface area contributed by atoms with Crippen molar-refractivity contribution in [1.29, 1.82) is 0 Å². The van der Waals surface area contributed by atoms with Crippen molar-refractivity contribution in [1.82, 2.24) is 0 Å². The molecule has 1 saturated carbocycles. The number of rotatable bonds is 2. The normalized spacial score (nSPS) is 24.1. The summed E-state index contributed by atoms with van der Waals surface area (Å²) < 4.78 is 4.80. The maximum atomic E-state index is 13.1. The molecule has 0 spiro atoms. The third kappa shape index (κ3) is 3.40. The standard InChI is InChI=1S/C21H28O3/c1-21(2)11-9-14(10-12-21)17-6-4-5-15-13-16(20(23)24-3)7-8-18(15)19(17)22/h7-8,13-14,17H,4-6,9-12H2,1-3H3. The molecular weight excluding hydrogens is 300 g/mol. The monoisotopic (exact) mass is 328 g/mol. The zero-order chi connectivity index (χ0) is 17.3. The molecule has 1 aromatic rings. The third-order valence-electron chi connectivity index (χ3n) is 6.04. The van der Waals surface area contributed by atoms with E-state index in [0.717, 1.165) is 30.4 Å². The number of esters is 1. The summed E-state index contributed by atoms with van der Waals surface area (Å²) in [5.41, 5.74) is 2.82. The molecule has 0 radical (unpaired) electrons. The molecular formula is C21H28O3. The number of ether oxygens (including phenoxy) is 1. The Balaban J connectivity index is 1.82. The van der Waals surface area contributed by atoms with Gasteiger partial charge in [0.1, 0.15) is 0 Å². The fourth-order valence-electron chi connectivity index (χ4n) is 4.40. The van der Waals surface area contributed by atoms with Crippen molar-refractivity contribution in [2.24, 2.45) is 17.3 Å². The SMILES string of the molecule is COC(=O)c1ccc2c(c1)CCCC(C1CCC(C)(C)CC1)C2=O. The number of carbonyl (C=O) groups excluding carboxylic acids is 2. The lowest BCUT2D eigenvalue weighted by Gasteiger charge is -2.37. The highest BCUT2D eigenvalue weighted by molar-refractivity contribution is 6.01. The minimum atomic E-state index is -0.333. The molecule has 3 nitrogen and oxygen atoms in total. The lowest BCUT2D eigenvalue weighted by molar-refractivity contribution is 0.0600. The van der Waals surface area contributed by atoms with Gasteiger partial charge < -0.3 is 4.74 Å². The van der Waals surface area contributed by atoms with Crippen LogP contribution in [0.1, 0.15) is 78.7 Å². The Bertz CT molecular complexity index is 634. The Labute approximate surface area is 144 Å². The van der Waals surface area contributed by atoms with E-state index in [9.17, 15) is 9.59 Å². The van der Waals surface area contributed by atoms with Crippen LogP contribution in [0, 0.1) is 17.3 Å². The van der Waals surface area contributed by atoms with E-state index < -0.39 is 0 Å². The van der Waals surface area contributed by atoms with Gasteiger partial charge in [-0.2, -0.15) is 0 Å². The average molecular weight is 328 g/mol. The van der Waals surface area contributed by atoms with E-state index in [1.54, 1.807) is 6.07 Å². The van der Waals surface area contributed by atoms with Gasteiger partial charge in [0.05, 0.1) is 12.7 Å². The number of fused-ring (bicyclic) bond motifs is 1. The van der Waals surface area contributed by atoms with Crippen molar-refractivity contribution < 1.29 is 14.3 Å². The van der Waals surface area contributed by atoms with Crippen molar-refractivity contribution in [2.75, 3.05) is 7.11 Å². The molecule has 1 aromatic carbocycles. The van der Waals surface area contributed by atoms with Gasteiger partial charge in [0, 0.05) is 11.5 Å².